The van der Waals surface area contributed by atoms with E-state index in [1.165, 1.54) is 16.4 Å². The highest BCUT2D eigenvalue weighted by Crippen LogP contribution is 2.36. The van der Waals surface area contributed by atoms with E-state index in [9.17, 15) is 16.8 Å². The second kappa shape index (κ2) is 7.40. The summed E-state index contributed by atoms with van der Waals surface area (Å²) in [7, 11) is -7.22. The zero-order chi connectivity index (χ0) is 19.7. The maximum Gasteiger partial charge on any atom is 0.264 e. The molecule has 0 amide bonds. The summed E-state index contributed by atoms with van der Waals surface area (Å²) in [4.78, 5) is 0.167. The summed E-state index contributed by atoms with van der Waals surface area (Å²) in [5.74, 6) is 0.607. The molecular formula is C18H22N2O5S2. The zero-order valence-corrected chi connectivity index (χ0v) is 16.8. The van der Waals surface area contributed by atoms with E-state index in [4.69, 9.17) is 4.74 Å². The van der Waals surface area contributed by atoms with Crippen molar-refractivity contribution in [3.8, 4) is 5.75 Å². The third-order valence-electron chi connectivity index (χ3n) is 4.23. The summed E-state index contributed by atoms with van der Waals surface area (Å²) in [6.07, 6.45) is 2.28. The molecule has 7 nitrogen and oxygen atoms in total. The number of sulfonamides is 2. The van der Waals surface area contributed by atoms with Gasteiger partial charge in [-0.15, -0.1) is 0 Å². The predicted octanol–water partition coefficient (Wildman–Crippen LogP) is 2.60. The molecule has 27 heavy (non-hydrogen) atoms. The van der Waals surface area contributed by atoms with Crippen molar-refractivity contribution in [3.63, 3.8) is 0 Å². The van der Waals surface area contributed by atoms with Crippen LogP contribution in [0.5, 0.6) is 5.75 Å². The third-order valence-corrected chi connectivity index (χ3v) is 6.64. The van der Waals surface area contributed by atoms with Crippen LogP contribution in [-0.2, 0) is 26.5 Å². The molecule has 1 N–H and O–H groups in total. The molecule has 0 fully saturated rings. The van der Waals surface area contributed by atoms with Crippen LogP contribution in [0.1, 0.15) is 18.9 Å². The van der Waals surface area contributed by atoms with Crippen LogP contribution in [0.2, 0.25) is 0 Å². The molecule has 9 heteroatoms. The average molecular weight is 411 g/mol. The van der Waals surface area contributed by atoms with Crippen LogP contribution < -0.4 is 13.8 Å². The van der Waals surface area contributed by atoms with Crippen LogP contribution >= 0.6 is 0 Å². The van der Waals surface area contributed by atoms with Gasteiger partial charge in [-0.2, -0.15) is 0 Å². The molecule has 0 aromatic heterocycles. The summed E-state index contributed by atoms with van der Waals surface area (Å²) >= 11 is 0. The first-order valence-corrected chi connectivity index (χ1v) is 11.9. The Kier molecular flexibility index (Phi) is 5.34. The average Bonchev–Trinajstić information content (AvgIpc) is 2.61. The van der Waals surface area contributed by atoms with Gasteiger partial charge in [-0.05, 0) is 56.2 Å². The lowest BCUT2D eigenvalue weighted by molar-refractivity contribution is 0.340. The molecule has 0 saturated carbocycles. The second-order valence-corrected chi connectivity index (χ2v) is 9.87. The second-order valence-electron chi connectivity index (χ2n) is 6.26. The summed E-state index contributed by atoms with van der Waals surface area (Å²) in [6, 6.07) is 11.3. The number of rotatable bonds is 6. The van der Waals surface area contributed by atoms with Gasteiger partial charge in [0, 0.05) is 12.1 Å². The normalized spacial score (nSPS) is 14.5. The Morgan fingerprint density at radius 2 is 1.78 bits per heavy atom. The quantitative estimate of drug-likeness (QED) is 0.790. The number of anilines is 2. The van der Waals surface area contributed by atoms with Gasteiger partial charge in [-0.3, -0.25) is 9.03 Å². The first-order chi connectivity index (χ1) is 12.7. The molecule has 0 atom stereocenters. The molecule has 1 aliphatic heterocycles. The third kappa shape index (κ3) is 4.19. The Morgan fingerprint density at radius 1 is 1.07 bits per heavy atom. The van der Waals surface area contributed by atoms with E-state index in [1.807, 2.05) is 6.92 Å². The summed E-state index contributed by atoms with van der Waals surface area (Å²) < 4.78 is 58.7. The zero-order valence-electron chi connectivity index (χ0n) is 15.2. The molecule has 146 valence electrons. The number of hydrogen-bond acceptors (Lipinski definition) is 5. The topological polar surface area (TPSA) is 92.8 Å². The van der Waals surface area contributed by atoms with E-state index < -0.39 is 20.0 Å². The van der Waals surface area contributed by atoms with Crippen molar-refractivity contribution in [2.24, 2.45) is 0 Å². The van der Waals surface area contributed by atoms with Gasteiger partial charge >= 0.3 is 0 Å². The molecule has 2 aromatic carbocycles. The fourth-order valence-electron chi connectivity index (χ4n) is 3.14. The van der Waals surface area contributed by atoms with Crippen molar-refractivity contribution in [3.05, 3.63) is 48.0 Å². The van der Waals surface area contributed by atoms with E-state index in [2.05, 4.69) is 4.72 Å². The standard InChI is InChI=1S/C18H22N2O5S2/c1-3-25-14-9-11-15(12-10-14)27(23,24)20-13-5-6-16-17(19-26(2,21)22)7-4-8-18(16)20/h4,7-12,19H,3,5-6,13H2,1-2H3. The molecule has 0 aliphatic carbocycles. The van der Waals surface area contributed by atoms with Gasteiger partial charge < -0.3 is 4.74 Å². The van der Waals surface area contributed by atoms with Crippen LogP contribution in [-0.4, -0.2) is 36.2 Å². The van der Waals surface area contributed by atoms with Gasteiger partial charge in [-0.1, -0.05) is 6.07 Å². The summed E-state index contributed by atoms with van der Waals surface area (Å²) in [5, 5.41) is 0. The molecule has 3 rings (SSSR count). The number of nitrogens with one attached hydrogen (secondary N) is 1. The van der Waals surface area contributed by atoms with Crippen LogP contribution in [0, 0.1) is 0 Å². The Hall–Kier alpha value is -2.26. The Labute approximate surface area is 160 Å². The maximum absolute atomic E-state index is 13.2. The Morgan fingerprint density at radius 3 is 2.41 bits per heavy atom. The van der Waals surface area contributed by atoms with Crippen molar-refractivity contribution in [2.45, 2.75) is 24.7 Å². The van der Waals surface area contributed by atoms with Gasteiger partial charge in [0.1, 0.15) is 5.75 Å². The van der Waals surface area contributed by atoms with Crippen molar-refractivity contribution in [1.82, 2.24) is 0 Å². The predicted molar refractivity (Wildman–Crippen MR) is 105 cm³/mol. The van der Waals surface area contributed by atoms with Crippen LogP contribution in [0.4, 0.5) is 11.4 Å². The lowest BCUT2D eigenvalue weighted by Gasteiger charge is -2.31. The van der Waals surface area contributed by atoms with Gasteiger partial charge in [-0.25, -0.2) is 16.8 Å². The fraction of sp³-hybridized carbons (Fsp3) is 0.333. The SMILES string of the molecule is CCOc1ccc(S(=O)(=O)N2CCCc3c(NS(C)(=O)=O)cccc32)cc1. The lowest BCUT2D eigenvalue weighted by Crippen LogP contribution is -2.35. The number of fused-ring (bicyclic) bond motifs is 1. The highest BCUT2D eigenvalue weighted by atomic mass is 32.2. The first kappa shape index (κ1) is 19.5. The van der Waals surface area contributed by atoms with E-state index in [-0.39, 0.29) is 4.90 Å². The number of ether oxygens (including phenoxy) is 1. The van der Waals surface area contributed by atoms with Crippen molar-refractivity contribution < 1.29 is 21.6 Å². The largest absolute Gasteiger partial charge is 0.494 e. The van der Waals surface area contributed by atoms with E-state index in [0.717, 1.165) is 6.26 Å². The summed E-state index contributed by atoms with van der Waals surface area (Å²) in [6.45, 7) is 2.70. The first-order valence-electron chi connectivity index (χ1n) is 8.57. The van der Waals surface area contributed by atoms with Gasteiger partial charge in [0.15, 0.2) is 0 Å². The smallest absolute Gasteiger partial charge is 0.264 e. The van der Waals surface area contributed by atoms with E-state index in [0.29, 0.717) is 48.7 Å². The Balaban J connectivity index is 2.00. The molecule has 0 saturated heterocycles. The highest BCUT2D eigenvalue weighted by Gasteiger charge is 2.30. The van der Waals surface area contributed by atoms with Crippen LogP contribution in [0.3, 0.4) is 0 Å². The van der Waals surface area contributed by atoms with E-state index in [1.54, 1.807) is 30.3 Å². The van der Waals surface area contributed by atoms with Crippen LogP contribution in [0.25, 0.3) is 0 Å². The van der Waals surface area contributed by atoms with Crippen molar-refractivity contribution in [1.29, 1.82) is 0 Å². The molecule has 0 bridgehead atoms. The van der Waals surface area contributed by atoms with Gasteiger partial charge in [0.2, 0.25) is 10.0 Å². The highest BCUT2D eigenvalue weighted by molar-refractivity contribution is 7.93. The number of benzene rings is 2. The maximum atomic E-state index is 13.2. The van der Waals surface area contributed by atoms with Crippen LogP contribution in [0.15, 0.2) is 47.4 Å². The molecule has 0 spiro atoms. The Bertz CT molecular complexity index is 1030. The molecule has 0 unspecified atom stereocenters. The molecule has 1 heterocycles. The van der Waals surface area contributed by atoms with Crippen molar-refractivity contribution in [2.75, 3.05) is 28.4 Å². The van der Waals surface area contributed by atoms with Gasteiger partial charge in [0.05, 0.1) is 29.1 Å². The minimum atomic E-state index is -3.77. The number of nitrogens with zero attached hydrogens (tertiary/aromatic N) is 1. The van der Waals surface area contributed by atoms with Gasteiger partial charge in [0.25, 0.3) is 10.0 Å². The minimum absolute atomic E-state index is 0.167. The molecule has 1 aliphatic rings. The molecule has 0 radical (unpaired) electrons. The van der Waals surface area contributed by atoms with Crippen molar-refractivity contribution >= 4 is 31.4 Å². The number of hydrogen-bond donors (Lipinski definition) is 1. The molecule has 2 aromatic rings. The fourth-order valence-corrected chi connectivity index (χ4v) is 5.26. The minimum Gasteiger partial charge on any atom is -0.494 e. The monoisotopic (exact) mass is 410 g/mol. The summed E-state index contributed by atoms with van der Waals surface area (Å²) in [5.41, 5.74) is 1.61. The van der Waals surface area contributed by atoms with E-state index >= 15 is 0 Å². The lowest BCUT2D eigenvalue weighted by atomic mass is 10.0. The molecular weight excluding hydrogens is 388 g/mol.